The summed E-state index contributed by atoms with van der Waals surface area (Å²) in [6.07, 6.45) is 6.04. The molecular weight excluding hydrogens is 238 g/mol. The fourth-order valence-corrected chi connectivity index (χ4v) is 4.44. The molecule has 17 heavy (non-hydrogen) atoms. The first kappa shape index (κ1) is 14.9. The quantitative estimate of drug-likeness (QED) is 0.765. The van der Waals surface area contributed by atoms with Crippen LogP contribution < -0.4 is 4.72 Å². The number of nitrogens with one attached hydrogen (secondary N) is 1. The van der Waals surface area contributed by atoms with Crippen molar-refractivity contribution in [3.8, 4) is 0 Å². The largest absolute Gasteiger partial charge is 0.396 e. The summed E-state index contributed by atoms with van der Waals surface area (Å²) < 4.78 is 26.7. The summed E-state index contributed by atoms with van der Waals surface area (Å²) in [4.78, 5) is 0. The van der Waals surface area contributed by atoms with Crippen LogP contribution in [0.25, 0.3) is 0 Å². The maximum atomic E-state index is 12.0. The van der Waals surface area contributed by atoms with Crippen LogP contribution in [0.1, 0.15) is 52.4 Å². The van der Waals surface area contributed by atoms with E-state index >= 15 is 0 Å². The van der Waals surface area contributed by atoms with Crippen LogP contribution >= 0.6 is 0 Å². The molecule has 1 fully saturated rings. The lowest BCUT2D eigenvalue weighted by Gasteiger charge is -2.27. The third-order valence-electron chi connectivity index (χ3n) is 3.35. The van der Waals surface area contributed by atoms with E-state index in [-0.39, 0.29) is 12.4 Å². The van der Waals surface area contributed by atoms with Crippen LogP contribution in [0, 0.1) is 5.92 Å². The van der Waals surface area contributed by atoms with Crippen molar-refractivity contribution in [2.24, 2.45) is 5.92 Å². The predicted octanol–water partition coefficient (Wildman–Crippen LogP) is 1.65. The minimum Gasteiger partial charge on any atom is -0.396 e. The zero-order chi connectivity index (χ0) is 12.9. The standard InChI is InChI=1S/C12H25NO3S/c1-12(2,8-9-14)13-17(15,16)10-11-6-4-3-5-7-11/h11,13-14H,3-10H2,1-2H3. The van der Waals surface area contributed by atoms with Gasteiger partial charge in [-0.25, -0.2) is 13.1 Å². The first-order chi connectivity index (χ1) is 7.85. The molecule has 0 amide bonds. The molecule has 0 bridgehead atoms. The molecule has 102 valence electrons. The van der Waals surface area contributed by atoms with Gasteiger partial charge in [0.25, 0.3) is 0 Å². The first-order valence-corrected chi connectivity index (χ1v) is 8.12. The highest BCUT2D eigenvalue weighted by atomic mass is 32.2. The van der Waals surface area contributed by atoms with E-state index in [2.05, 4.69) is 4.72 Å². The number of aliphatic hydroxyl groups is 1. The minimum absolute atomic E-state index is 0.00104. The van der Waals surface area contributed by atoms with Crippen LogP contribution in [0.5, 0.6) is 0 Å². The Labute approximate surface area is 105 Å². The lowest BCUT2D eigenvalue weighted by atomic mass is 9.91. The number of hydrogen-bond acceptors (Lipinski definition) is 3. The number of hydrogen-bond donors (Lipinski definition) is 2. The Morgan fingerprint density at radius 3 is 2.35 bits per heavy atom. The molecule has 0 aromatic heterocycles. The molecule has 0 aliphatic heterocycles. The predicted molar refractivity (Wildman–Crippen MR) is 69.3 cm³/mol. The molecule has 2 N–H and O–H groups in total. The smallest absolute Gasteiger partial charge is 0.212 e. The number of sulfonamides is 1. The van der Waals surface area contributed by atoms with Crippen LogP contribution in [0.2, 0.25) is 0 Å². The zero-order valence-electron chi connectivity index (χ0n) is 10.9. The maximum absolute atomic E-state index is 12.0. The Kier molecular flexibility index (Phi) is 5.41. The van der Waals surface area contributed by atoms with Gasteiger partial charge in [0.05, 0.1) is 5.75 Å². The van der Waals surface area contributed by atoms with E-state index in [4.69, 9.17) is 5.11 Å². The van der Waals surface area contributed by atoms with Crippen molar-refractivity contribution in [3.63, 3.8) is 0 Å². The normalized spacial score (nSPS) is 19.5. The molecular formula is C12H25NO3S. The highest BCUT2D eigenvalue weighted by Gasteiger charge is 2.27. The van der Waals surface area contributed by atoms with E-state index in [0.717, 1.165) is 25.7 Å². The van der Waals surface area contributed by atoms with E-state index in [1.807, 2.05) is 13.8 Å². The lowest BCUT2D eigenvalue weighted by molar-refractivity contribution is 0.245. The Hall–Kier alpha value is -0.130. The second-order valence-electron chi connectivity index (χ2n) is 5.75. The van der Waals surface area contributed by atoms with Gasteiger partial charge in [0.2, 0.25) is 10.0 Å². The second-order valence-corrected chi connectivity index (χ2v) is 7.51. The summed E-state index contributed by atoms with van der Waals surface area (Å²) in [5.41, 5.74) is -0.553. The Balaban J connectivity index is 2.50. The summed E-state index contributed by atoms with van der Waals surface area (Å²) in [6, 6.07) is 0. The van der Waals surface area contributed by atoms with Crippen molar-refractivity contribution in [2.75, 3.05) is 12.4 Å². The molecule has 0 spiro atoms. The molecule has 0 saturated heterocycles. The Morgan fingerprint density at radius 1 is 1.24 bits per heavy atom. The highest BCUT2D eigenvalue weighted by molar-refractivity contribution is 7.89. The average molecular weight is 263 g/mol. The SMILES string of the molecule is CC(C)(CCO)NS(=O)(=O)CC1CCCCC1. The van der Waals surface area contributed by atoms with Gasteiger partial charge in [-0.1, -0.05) is 19.3 Å². The van der Waals surface area contributed by atoms with Gasteiger partial charge in [0, 0.05) is 12.1 Å². The highest BCUT2D eigenvalue weighted by Crippen LogP contribution is 2.25. The molecule has 1 aliphatic carbocycles. The Bertz CT molecular complexity index is 319. The molecule has 0 unspecified atom stereocenters. The van der Waals surface area contributed by atoms with E-state index in [1.165, 1.54) is 6.42 Å². The van der Waals surface area contributed by atoms with Gasteiger partial charge < -0.3 is 5.11 Å². The molecule has 1 aliphatic rings. The Morgan fingerprint density at radius 2 is 1.82 bits per heavy atom. The van der Waals surface area contributed by atoms with Gasteiger partial charge >= 0.3 is 0 Å². The van der Waals surface area contributed by atoms with Crippen LogP contribution in [-0.2, 0) is 10.0 Å². The van der Waals surface area contributed by atoms with Gasteiger partial charge in [0.15, 0.2) is 0 Å². The molecule has 0 aromatic carbocycles. The number of aliphatic hydroxyl groups excluding tert-OH is 1. The van der Waals surface area contributed by atoms with Gasteiger partial charge in [-0.15, -0.1) is 0 Å². The van der Waals surface area contributed by atoms with Crippen molar-refractivity contribution in [1.29, 1.82) is 0 Å². The first-order valence-electron chi connectivity index (χ1n) is 6.47. The molecule has 0 aromatic rings. The molecule has 5 heteroatoms. The summed E-state index contributed by atoms with van der Waals surface area (Å²) >= 11 is 0. The third kappa shape index (κ3) is 5.84. The van der Waals surface area contributed by atoms with E-state index in [9.17, 15) is 8.42 Å². The van der Waals surface area contributed by atoms with Crippen LogP contribution in [0.4, 0.5) is 0 Å². The zero-order valence-corrected chi connectivity index (χ0v) is 11.7. The van der Waals surface area contributed by atoms with Crippen LogP contribution in [0.3, 0.4) is 0 Å². The number of rotatable bonds is 6. The summed E-state index contributed by atoms with van der Waals surface area (Å²) in [6.45, 7) is 3.61. The van der Waals surface area contributed by atoms with Crippen LogP contribution in [0.15, 0.2) is 0 Å². The molecule has 4 nitrogen and oxygen atoms in total. The van der Waals surface area contributed by atoms with Gasteiger partial charge in [-0.2, -0.15) is 0 Å². The molecule has 0 heterocycles. The fourth-order valence-electron chi connectivity index (χ4n) is 2.46. The monoisotopic (exact) mass is 263 g/mol. The average Bonchev–Trinajstić information content (AvgIpc) is 2.15. The van der Waals surface area contributed by atoms with Gasteiger partial charge in [-0.3, -0.25) is 0 Å². The molecule has 1 saturated carbocycles. The van der Waals surface area contributed by atoms with Crippen molar-refractivity contribution in [1.82, 2.24) is 4.72 Å². The molecule has 0 radical (unpaired) electrons. The minimum atomic E-state index is -3.22. The lowest BCUT2D eigenvalue weighted by Crippen LogP contribution is -2.46. The summed E-state index contributed by atoms with van der Waals surface area (Å²) in [7, 11) is -3.22. The van der Waals surface area contributed by atoms with Crippen molar-refractivity contribution >= 4 is 10.0 Å². The van der Waals surface area contributed by atoms with Gasteiger partial charge in [0.1, 0.15) is 0 Å². The maximum Gasteiger partial charge on any atom is 0.212 e. The van der Waals surface area contributed by atoms with E-state index < -0.39 is 15.6 Å². The van der Waals surface area contributed by atoms with Gasteiger partial charge in [-0.05, 0) is 39.0 Å². The van der Waals surface area contributed by atoms with E-state index in [0.29, 0.717) is 12.3 Å². The van der Waals surface area contributed by atoms with Crippen molar-refractivity contribution in [3.05, 3.63) is 0 Å². The van der Waals surface area contributed by atoms with Crippen molar-refractivity contribution < 1.29 is 13.5 Å². The van der Waals surface area contributed by atoms with Crippen molar-refractivity contribution in [2.45, 2.75) is 57.9 Å². The topological polar surface area (TPSA) is 66.4 Å². The third-order valence-corrected chi connectivity index (χ3v) is 5.12. The second kappa shape index (κ2) is 6.16. The molecule has 0 atom stereocenters. The molecule has 1 rings (SSSR count). The van der Waals surface area contributed by atoms with Crippen LogP contribution in [-0.4, -0.2) is 31.4 Å². The summed E-state index contributed by atoms with van der Waals surface area (Å²) in [5.74, 6) is 0.549. The fraction of sp³-hybridized carbons (Fsp3) is 1.00. The summed E-state index contributed by atoms with van der Waals surface area (Å²) in [5, 5.41) is 8.89. The van der Waals surface area contributed by atoms with E-state index in [1.54, 1.807) is 0 Å².